The molecule has 0 aliphatic rings. The van der Waals surface area contributed by atoms with Crippen molar-refractivity contribution < 1.29 is 4.79 Å². The predicted molar refractivity (Wildman–Crippen MR) is 69.8 cm³/mol. The number of halogens is 1. The molecule has 1 aromatic carbocycles. The summed E-state index contributed by atoms with van der Waals surface area (Å²) in [6.07, 6.45) is 1.37. The lowest BCUT2D eigenvalue weighted by Crippen LogP contribution is -1.98. The molecule has 0 aliphatic carbocycles. The minimum atomic E-state index is -0.0833. The van der Waals surface area contributed by atoms with Crippen molar-refractivity contribution in [2.75, 3.05) is 5.33 Å². The molecule has 0 fully saturated rings. The number of carbonyl (C=O) groups is 1. The molecule has 0 spiro atoms. The van der Waals surface area contributed by atoms with Gasteiger partial charge in [-0.25, -0.2) is 0 Å². The zero-order valence-corrected chi connectivity index (χ0v) is 10.9. The molecule has 2 aromatic rings. The number of carbonyl (C=O) groups excluding carboxylic acids is 1. The summed E-state index contributed by atoms with van der Waals surface area (Å²) in [7, 11) is 0. The summed E-state index contributed by atoms with van der Waals surface area (Å²) < 4.78 is 0.842. The predicted octanol–water partition coefficient (Wildman–Crippen LogP) is 2.95. The summed E-state index contributed by atoms with van der Waals surface area (Å²) in [5.41, 5.74) is 1.48. The van der Waals surface area contributed by atoms with Gasteiger partial charge >= 0.3 is 4.87 Å². The van der Waals surface area contributed by atoms with Crippen molar-refractivity contribution in [3.63, 3.8) is 0 Å². The van der Waals surface area contributed by atoms with E-state index >= 15 is 0 Å². The van der Waals surface area contributed by atoms with Gasteiger partial charge in [0.15, 0.2) is 5.78 Å². The van der Waals surface area contributed by atoms with Gasteiger partial charge in [-0.2, -0.15) is 0 Å². The van der Waals surface area contributed by atoms with Gasteiger partial charge in [-0.3, -0.25) is 9.59 Å². The number of hydrogen-bond acceptors (Lipinski definition) is 3. The molecule has 16 heavy (non-hydrogen) atoms. The Morgan fingerprint density at radius 2 is 2.25 bits per heavy atom. The Morgan fingerprint density at radius 1 is 1.44 bits per heavy atom. The van der Waals surface area contributed by atoms with Crippen molar-refractivity contribution in [2.24, 2.45) is 0 Å². The molecule has 1 heterocycles. The first kappa shape index (κ1) is 11.5. The van der Waals surface area contributed by atoms with E-state index in [-0.39, 0.29) is 10.7 Å². The van der Waals surface area contributed by atoms with E-state index in [1.54, 1.807) is 18.2 Å². The Morgan fingerprint density at radius 3 is 3.00 bits per heavy atom. The van der Waals surface area contributed by atoms with Crippen molar-refractivity contribution in [3.8, 4) is 0 Å². The van der Waals surface area contributed by atoms with Gasteiger partial charge in [-0.15, -0.1) is 0 Å². The minimum absolute atomic E-state index is 0.0833. The van der Waals surface area contributed by atoms with Crippen LogP contribution in [-0.2, 0) is 0 Å². The number of fused-ring (bicyclic) bond motifs is 1. The van der Waals surface area contributed by atoms with Crippen LogP contribution in [0.25, 0.3) is 10.2 Å². The summed E-state index contributed by atoms with van der Waals surface area (Å²) in [4.78, 5) is 25.5. The average molecular weight is 300 g/mol. The lowest BCUT2D eigenvalue weighted by molar-refractivity contribution is 0.0982. The van der Waals surface area contributed by atoms with Gasteiger partial charge in [0, 0.05) is 17.3 Å². The van der Waals surface area contributed by atoms with Crippen LogP contribution < -0.4 is 4.87 Å². The van der Waals surface area contributed by atoms with Crippen molar-refractivity contribution in [1.29, 1.82) is 0 Å². The first-order valence-electron chi connectivity index (χ1n) is 4.93. The van der Waals surface area contributed by atoms with Crippen molar-refractivity contribution >= 4 is 43.3 Å². The van der Waals surface area contributed by atoms with Crippen LogP contribution in [0.2, 0.25) is 0 Å². The van der Waals surface area contributed by atoms with Gasteiger partial charge in [0.1, 0.15) is 0 Å². The van der Waals surface area contributed by atoms with Crippen LogP contribution in [0.4, 0.5) is 0 Å². The fraction of sp³-hybridized carbons (Fsp3) is 0.273. The lowest BCUT2D eigenvalue weighted by atomic mass is 10.1. The summed E-state index contributed by atoms with van der Waals surface area (Å²) >= 11 is 4.43. The topological polar surface area (TPSA) is 49.9 Å². The number of nitrogens with one attached hydrogen (secondary N) is 1. The highest BCUT2D eigenvalue weighted by atomic mass is 79.9. The largest absolute Gasteiger partial charge is 0.312 e. The summed E-state index contributed by atoms with van der Waals surface area (Å²) in [6, 6.07) is 5.34. The number of aromatic amines is 1. The van der Waals surface area contributed by atoms with E-state index in [2.05, 4.69) is 20.9 Å². The Bertz CT molecular complexity index is 573. The maximum atomic E-state index is 11.7. The molecule has 0 aliphatic heterocycles. The molecule has 84 valence electrons. The number of rotatable bonds is 4. The number of alkyl halides is 1. The van der Waals surface area contributed by atoms with Gasteiger partial charge in [-0.1, -0.05) is 27.3 Å². The Balaban J connectivity index is 2.31. The second-order valence-corrected chi connectivity index (χ2v) is 5.25. The quantitative estimate of drug-likeness (QED) is 0.697. The standard InChI is InChI=1S/C11H10BrNO2S/c12-5-1-2-9(14)7-3-4-8-10(6-7)16-11(15)13-8/h3-4,6H,1-2,5H2,(H,13,15). The van der Waals surface area contributed by atoms with E-state index in [0.29, 0.717) is 12.0 Å². The molecule has 0 saturated carbocycles. The fourth-order valence-electron chi connectivity index (χ4n) is 1.49. The molecule has 3 nitrogen and oxygen atoms in total. The average Bonchev–Trinajstić information content (AvgIpc) is 2.64. The molecule has 0 amide bonds. The molecule has 2 rings (SSSR count). The minimum Gasteiger partial charge on any atom is -0.312 e. The van der Waals surface area contributed by atoms with Crippen molar-refractivity contribution in [1.82, 2.24) is 4.98 Å². The van der Waals surface area contributed by atoms with Gasteiger partial charge in [0.05, 0.1) is 10.2 Å². The second kappa shape index (κ2) is 4.93. The van der Waals surface area contributed by atoms with E-state index in [1.165, 1.54) is 0 Å². The van der Waals surface area contributed by atoms with E-state index in [9.17, 15) is 9.59 Å². The van der Waals surface area contributed by atoms with Crippen molar-refractivity contribution in [3.05, 3.63) is 33.4 Å². The van der Waals surface area contributed by atoms with Crippen LogP contribution in [0.3, 0.4) is 0 Å². The summed E-state index contributed by atoms with van der Waals surface area (Å²) in [5, 5.41) is 0.832. The smallest absolute Gasteiger partial charge is 0.305 e. The zero-order chi connectivity index (χ0) is 11.5. The molecule has 0 saturated heterocycles. The first-order chi connectivity index (χ1) is 7.70. The third-order valence-corrected chi connectivity index (χ3v) is 3.69. The van der Waals surface area contributed by atoms with Crippen LogP contribution >= 0.6 is 27.3 Å². The maximum Gasteiger partial charge on any atom is 0.305 e. The van der Waals surface area contributed by atoms with Crippen LogP contribution in [0.1, 0.15) is 23.2 Å². The Labute approximate surface area is 105 Å². The van der Waals surface area contributed by atoms with Crippen LogP contribution in [0.15, 0.2) is 23.0 Å². The molecular weight excluding hydrogens is 290 g/mol. The molecule has 0 bridgehead atoms. The van der Waals surface area contributed by atoms with Gasteiger partial charge < -0.3 is 4.98 Å². The zero-order valence-electron chi connectivity index (χ0n) is 8.46. The highest BCUT2D eigenvalue weighted by molar-refractivity contribution is 9.09. The van der Waals surface area contributed by atoms with E-state index in [0.717, 1.165) is 33.3 Å². The van der Waals surface area contributed by atoms with Crippen LogP contribution in [-0.4, -0.2) is 16.1 Å². The summed E-state index contributed by atoms with van der Waals surface area (Å²) in [5.74, 6) is 0.127. The number of hydrogen-bond donors (Lipinski definition) is 1. The number of H-pyrrole nitrogens is 1. The number of ketones is 1. The first-order valence-corrected chi connectivity index (χ1v) is 6.86. The third kappa shape index (κ3) is 2.41. The number of aromatic nitrogens is 1. The Kier molecular flexibility index (Phi) is 3.56. The SMILES string of the molecule is O=C(CCCBr)c1ccc2[nH]c(=O)sc2c1. The molecule has 5 heteroatoms. The molecule has 0 radical (unpaired) electrons. The third-order valence-electron chi connectivity index (χ3n) is 2.28. The maximum absolute atomic E-state index is 11.7. The molecule has 1 N–H and O–H groups in total. The van der Waals surface area contributed by atoms with Gasteiger partial charge in [0.25, 0.3) is 0 Å². The molecule has 0 atom stereocenters. The highest BCUT2D eigenvalue weighted by Crippen LogP contribution is 2.17. The van der Waals surface area contributed by atoms with E-state index in [1.807, 2.05) is 0 Å². The Hall–Kier alpha value is -0.940. The highest BCUT2D eigenvalue weighted by Gasteiger charge is 2.07. The second-order valence-electron chi connectivity index (χ2n) is 3.44. The van der Waals surface area contributed by atoms with Gasteiger partial charge in [-0.05, 0) is 24.6 Å². The van der Waals surface area contributed by atoms with Crippen molar-refractivity contribution in [2.45, 2.75) is 12.8 Å². The number of benzene rings is 1. The van der Waals surface area contributed by atoms with Crippen LogP contribution in [0, 0.1) is 0 Å². The monoisotopic (exact) mass is 299 g/mol. The molecular formula is C11H10BrNO2S. The van der Waals surface area contributed by atoms with Crippen LogP contribution in [0.5, 0.6) is 0 Å². The fourth-order valence-corrected chi connectivity index (χ4v) is 2.55. The van der Waals surface area contributed by atoms with Gasteiger partial charge in [0.2, 0.25) is 0 Å². The molecule has 1 aromatic heterocycles. The number of thiazole rings is 1. The lowest BCUT2D eigenvalue weighted by Gasteiger charge is -1.99. The normalized spacial score (nSPS) is 10.8. The molecule has 0 unspecified atom stereocenters. The summed E-state index contributed by atoms with van der Waals surface area (Å²) in [6.45, 7) is 0. The number of Topliss-reactive ketones (excluding diaryl/α,β-unsaturated/α-hetero) is 1. The van der Waals surface area contributed by atoms with E-state index < -0.39 is 0 Å². The van der Waals surface area contributed by atoms with E-state index in [4.69, 9.17) is 0 Å².